The minimum atomic E-state index is 0.108. The molecule has 21 heavy (non-hydrogen) atoms. The van der Waals surface area contributed by atoms with Gasteiger partial charge in [0.05, 0.1) is 17.5 Å². The largest absolute Gasteiger partial charge is 0.508 e. The van der Waals surface area contributed by atoms with Crippen LogP contribution in [0.2, 0.25) is 0 Å². The number of nitrogens with zero attached hydrogens (tertiary/aromatic N) is 2. The Bertz CT molecular complexity index is 865. The first-order valence-electron chi connectivity index (χ1n) is 6.70. The number of rotatable bonds is 1. The number of amides is 1. The lowest BCUT2D eigenvalue weighted by molar-refractivity contribution is -0.117. The molecule has 0 radical (unpaired) electrons. The van der Waals surface area contributed by atoms with E-state index in [4.69, 9.17) is 0 Å². The number of likely N-dealkylation sites (N-methyl/N-ethyl adjacent to an activating group) is 1. The summed E-state index contributed by atoms with van der Waals surface area (Å²) in [6.45, 7) is 0. The molecule has 0 saturated heterocycles. The number of hydrogen-bond acceptors (Lipinski definition) is 3. The highest BCUT2D eigenvalue weighted by Gasteiger charge is 2.25. The van der Waals surface area contributed by atoms with Gasteiger partial charge in [-0.15, -0.1) is 0 Å². The van der Waals surface area contributed by atoms with Crippen LogP contribution >= 0.6 is 0 Å². The zero-order valence-electron chi connectivity index (χ0n) is 11.4. The highest BCUT2D eigenvalue weighted by molar-refractivity contribution is 6.03. The molecule has 0 fully saturated rings. The van der Waals surface area contributed by atoms with Gasteiger partial charge in [-0.2, -0.15) is 0 Å². The van der Waals surface area contributed by atoms with E-state index in [9.17, 15) is 9.90 Å². The lowest BCUT2D eigenvalue weighted by Gasteiger charge is -2.08. The molecule has 2 aromatic carbocycles. The number of fused-ring (bicyclic) bond motifs is 2. The van der Waals surface area contributed by atoms with Crippen molar-refractivity contribution in [1.82, 2.24) is 9.97 Å². The van der Waals surface area contributed by atoms with E-state index in [0.29, 0.717) is 6.42 Å². The molecule has 1 amide bonds. The van der Waals surface area contributed by atoms with Crippen LogP contribution in [0, 0.1) is 0 Å². The van der Waals surface area contributed by atoms with Crippen LogP contribution in [0.4, 0.5) is 5.69 Å². The topological polar surface area (TPSA) is 69.2 Å². The molecule has 0 spiro atoms. The predicted molar refractivity (Wildman–Crippen MR) is 80.3 cm³/mol. The average Bonchev–Trinajstić information content (AvgIpc) is 2.99. The summed E-state index contributed by atoms with van der Waals surface area (Å²) in [4.78, 5) is 21.2. The standard InChI is InChI=1S/C16H13N3O2/c1-19-14-8-13-12(6-10(14)7-15(19)21)17-16(18-13)9-2-4-11(20)5-3-9/h2-6,8,20H,7H2,1H3,(H,17,18). The molecule has 0 atom stereocenters. The Morgan fingerprint density at radius 1 is 1.24 bits per heavy atom. The van der Waals surface area contributed by atoms with Crippen molar-refractivity contribution in [3.8, 4) is 17.1 Å². The third-order valence-electron chi connectivity index (χ3n) is 3.90. The number of hydrogen-bond donors (Lipinski definition) is 2. The third-order valence-corrected chi connectivity index (χ3v) is 3.90. The first-order valence-corrected chi connectivity index (χ1v) is 6.70. The molecule has 1 aromatic heterocycles. The zero-order chi connectivity index (χ0) is 14.6. The normalized spacial score (nSPS) is 14.0. The highest BCUT2D eigenvalue weighted by Crippen LogP contribution is 2.32. The van der Waals surface area contributed by atoms with Crippen LogP contribution in [-0.2, 0) is 11.2 Å². The maximum Gasteiger partial charge on any atom is 0.231 e. The maximum absolute atomic E-state index is 11.7. The number of carbonyl (C=O) groups excluding carboxylic acids is 1. The lowest BCUT2D eigenvalue weighted by atomic mass is 10.1. The molecule has 2 heterocycles. The number of nitrogens with one attached hydrogen (secondary N) is 1. The second kappa shape index (κ2) is 4.09. The molecule has 0 aliphatic carbocycles. The lowest BCUT2D eigenvalue weighted by Crippen LogP contribution is -2.20. The van der Waals surface area contributed by atoms with Crippen molar-refractivity contribution in [3.05, 3.63) is 42.0 Å². The van der Waals surface area contributed by atoms with Gasteiger partial charge in [0, 0.05) is 18.3 Å². The van der Waals surface area contributed by atoms with Crippen molar-refractivity contribution >= 4 is 22.6 Å². The SMILES string of the molecule is CN1C(=O)Cc2cc3[nH]c(-c4ccc(O)cc4)nc3cc21. The van der Waals surface area contributed by atoms with Crippen molar-refractivity contribution in [2.24, 2.45) is 0 Å². The van der Waals surface area contributed by atoms with Gasteiger partial charge in [0.1, 0.15) is 11.6 Å². The summed E-state index contributed by atoms with van der Waals surface area (Å²) in [5.74, 6) is 1.09. The molecule has 0 unspecified atom stereocenters. The molecule has 4 rings (SSSR count). The fourth-order valence-electron chi connectivity index (χ4n) is 2.72. The molecule has 0 saturated carbocycles. The number of phenols is 1. The number of aromatic hydroxyl groups is 1. The molecule has 1 aliphatic heterocycles. The summed E-state index contributed by atoms with van der Waals surface area (Å²) in [6, 6.07) is 10.8. The first-order chi connectivity index (χ1) is 10.1. The van der Waals surface area contributed by atoms with Crippen molar-refractivity contribution in [1.29, 1.82) is 0 Å². The summed E-state index contributed by atoms with van der Waals surface area (Å²) in [5.41, 5.74) is 4.61. The smallest absolute Gasteiger partial charge is 0.231 e. The van der Waals surface area contributed by atoms with Crippen LogP contribution in [0.1, 0.15) is 5.56 Å². The summed E-state index contributed by atoms with van der Waals surface area (Å²) < 4.78 is 0. The molecular formula is C16H13N3O2. The Kier molecular flexibility index (Phi) is 2.33. The number of benzene rings is 2. The van der Waals surface area contributed by atoms with Crippen molar-refractivity contribution in [2.45, 2.75) is 6.42 Å². The Hall–Kier alpha value is -2.82. The van der Waals surface area contributed by atoms with Gasteiger partial charge in [-0.3, -0.25) is 4.79 Å². The van der Waals surface area contributed by atoms with E-state index in [0.717, 1.165) is 33.7 Å². The summed E-state index contributed by atoms with van der Waals surface area (Å²) in [7, 11) is 1.79. The highest BCUT2D eigenvalue weighted by atomic mass is 16.3. The molecule has 5 heteroatoms. The van der Waals surface area contributed by atoms with Crippen LogP contribution in [0.25, 0.3) is 22.4 Å². The van der Waals surface area contributed by atoms with Crippen LogP contribution in [0.5, 0.6) is 5.75 Å². The summed E-state index contributed by atoms with van der Waals surface area (Å²) in [5, 5.41) is 9.34. The molecule has 3 aromatic rings. The van der Waals surface area contributed by atoms with Gasteiger partial charge in [0.2, 0.25) is 5.91 Å². The van der Waals surface area contributed by atoms with E-state index >= 15 is 0 Å². The fourth-order valence-corrected chi connectivity index (χ4v) is 2.72. The minimum Gasteiger partial charge on any atom is -0.508 e. The van der Waals surface area contributed by atoms with Crippen LogP contribution < -0.4 is 4.90 Å². The molecule has 1 aliphatic rings. The molecule has 104 valence electrons. The van der Waals surface area contributed by atoms with E-state index in [-0.39, 0.29) is 11.7 Å². The summed E-state index contributed by atoms with van der Waals surface area (Å²) in [6.07, 6.45) is 0.440. The molecule has 0 bridgehead atoms. The number of H-pyrrole nitrogens is 1. The van der Waals surface area contributed by atoms with Crippen LogP contribution in [-0.4, -0.2) is 28.0 Å². The monoisotopic (exact) mass is 279 g/mol. The Morgan fingerprint density at radius 2 is 2.00 bits per heavy atom. The van der Waals surface area contributed by atoms with Gasteiger partial charge < -0.3 is 15.0 Å². The number of phenolic OH excluding ortho intramolecular Hbond substituents is 1. The van der Waals surface area contributed by atoms with Gasteiger partial charge in [0.25, 0.3) is 0 Å². The van der Waals surface area contributed by atoms with E-state index < -0.39 is 0 Å². The second-order valence-electron chi connectivity index (χ2n) is 5.26. The average molecular weight is 279 g/mol. The number of aromatic nitrogens is 2. The predicted octanol–water partition coefficient (Wildman–Crippen LogP) is 2.45. The molecular weight excluding hydrogens is 266 g/mol. The van der Waals surface area contributed by atoms with Crippen LogP contribution in [0.3, 0.4) is 0 Å². The van der Waals surface area contributed by atoms with Gasteiger partial charge in [0.15, 0.2) is 0 Å². The van der Waals surface area contributed by atoms with Gasteiger partial charge >= 0.3 is 0 Å². The summed E-state index contributed by atoms with van der Waals surface area (Å²) >= 11 is 0. The number of imidazole rings is 1. The van der Waals surface area contributed by atoms with Gasteiger partial charge in [-0.05, 0) is 42.0 Å². The van der Waals surface area contributed by atoms with Gasteiger partial charge in [-0.25, -0.2) is 4.98 Å². The van der Waals surface area contributed by atoms with Crippen molar-refractivity contribution < 1.29 is 9.90 Å². The molecule has 5 nitrogen and oxygen atoms in total. The number of carbonyl (C=O) groups is 1. The fraction of sp³-hybridized carbons (Fsp3) is 0.125. The second-order valence-corrected chi connectivity index (χ2v) is 5.26. The van der Waals surface area contributed by atoms with E-state index in [1.54, 1.807) is 24.1 Å². The third kappa shape index (κ3) is 1.78. The minimum absolute atomic E-state index is 0.108. The Morgan fingerprint density at radius 3 is 2.76 bits per heavy atom. The number of anilines is 1. The first kappa shape index (κ1) is 12.0. The Balaban J connectivity index is 1.85. The van der Waals surface area contributed by atoms with E-state index in [2.05, 4.69) is 9.97 Å². The Labute approximate surface area is 120 Å². The van der Waals surface area contributed by atoms with E-state index in [1.165, 1.54) is 0 Å². The van der Waals surface area contributed by atoms with Gasteiger partial charge in [-0.1, -0.05) is 0 Å². The zero-order valence-corrected chi connectivity index (χ0v) is 11.4. The van der Waals surface area contributed by atoms with Crippen molar-refractivity contribution in [2.75, 3.05) is 11.9 Å². The maximum atomic E-state index is 11.7. The quantitative estimate of drug-likeness (QED) is 0.719. The van der Waals surface area contributed by atoms with Crippen molar-refractivity contribution in [3.63, 3.8) is 0 Å². The molecule has 2 N–H and O–H groups in total. The van der Waals surface area contributed by atoms with Crippen LogP contribution in [0.15, 0.2) is 36.4 Å². The number of aromatic amines is 1. The van der Waals surface area contributed by atoms with E-state index in [1.807, 2.05) is 24.3 Å².